The molecule has 1 aliphatic carbocycles. The number of aromatic nitrogens is 1. The summed E-state index contributed by atoms with van der Waals surface area (Å²) in [4.78, 5) is 41.6. The third-order valence-corrected chi connectivity index (χ3v) is 4.30. The fraction of sp³-hybridized carbons (Fsp3) is 0.333. The molecule has 8 heteroatoms. The van der Waals surface area contributed by atoms with Crippen LogP contribution in [0.4, 0.5) is 5.69 Å². The molecular formula is C18H17N3O5. The van der Waals surface area contributed by atoms with Gasteiger partial charge in [-0.15, -0.1) is 0 Å². The summed E-state index contributed by atoms with van der Waals surface area (Å²) in [5.41, 5.74) is 1.14. The number of benzene rings is 1. The molecule has 2 aromatic rings. The summed E-state index contributed by atoms with van der Waals surface area (Å²) in [7, 11) is 0. The van der Waals surface area contributed by atoms with Crippen LogP contribution in [-0.4, -0.2) is 35.2 Å². The molecule has 0 unspecified atom stereocenters. The van der Waals surface area contributed by atoms with E-state index < -0.39 is 0 Å². The highest BCUT2D eigenvalue weighted by Gasteiger charge is 2.29. The first-order valence-electron chi connectivity index (χ1n) is 8.34. The van der Waals surface area contributed by atoms with Crippen LogP contribution in [0.25, 0.3) is 0 Å². The van der Waals surface area contributed by atoms with Crippen LogP contribution < -0.4 is 15.0 Å². The molecule has 1 aliphatic heterocycles. The first-order chi connectivity index (χ1) is 12.5. The van der Waals surface area contributed by atoms with Gasteiger partial charge in [0.05, 0.1) is 5.69 Å². The van der Waals surface area contributed by atoms with Gasteiger partial charge in [-0.25, -0.2) is 4.98 Å². The summed E-state index contributed by atoms with van der Waals surface area (Å²) in [6, 6.07) is 5.15. The van der Waals surface area contributed by atoms with E-state index in [1.54, 1.807) is 18.2 Å². The molecule has 0 bridgehead atoms. The Balaban J connectivity index is 1.57. The van der Waals surface area contributed by atoms with Gasteiger partial charge in [0.15, 0.2) is 18.1 Å². The van der Waals surface area contributed by atoms with Crippen molar-refractivity contribution in [3.8, 4) is 5.75 Å². The number of carbonyl (C=O) groups excluding carboxylic acids is 3. The molecule has 0 radical (unpaired) electrons. The maximum Gasteiger partial charge on any atom is 0.273 e. The van der Waals surface area contributed by atoms with Crippen molar-refractivity contribution in [2.24, 2.45) is 0 Å². The molecule has 0 atom stereocenters. The second kappa shape index (κ2) is 6.29. The lowest BCUT2D eigenvalue weighted by molar-refractivity contribution is -0.121. The van der Waals surface area contributed by atoms with Crippen molar-refractivity contribution in [1.82, 2.24) is 10.3 Å². The Hall–Kier alpha value is -3.16. The average molecular weight is 355 g/mol. The van der Waals surface area contributed by atoms with E-state index >= 15 is 0 Å². The van der Waals surface area contributed by atoms with Gasteiger partial charge in [0.25, 0.3) is 11.8 Å². The number of amides is 2. The number of rotatable bonds is 5. The minimum absolute atomic E-state index is 0.0489. The topological polar surface area (TPSA) is 102 Å². The number of anilines is 1. The monoisotopic (exact) mass is 355 g/mol. The number of nitrogens with one attached hydrogen (secondary N) is 1. The van der Waals surface area contributed by atoms with E-state index in [0.717, 1.165) is 12.8 Å². The van der Waals surface area contributed by atoms with Crippen molar-refractivity contribution in [2.45, 2.75) is 32.4 Å². The minimum atomic E-state index is -0.282. The molecular weight excluding hydrogens is 338 g/mol. The Morgan fingerprint density at radius 1 is 1.35 bits per heavy atom. The first-order valence-corrected chi connectivity index (χ1v) is 8.34. The molecule has 134 valence electrons. The number of hydrogen-bond acceptors (Lipinski definition) is 6. The lowest BCUT2D eigenvalue weighted by Gasteiger charge is -2.28. The summed E-state index contributed by atoms with van der Waals surface area (Å²) in [6.45, 7) is 1.39. The molecule has 2 heterocycles. The summed E-state index contributed by atoms with van der Waals surface area (Å²) < 4.78 is 10.8. The van der Waals surface area contributed by atoms with E-state index in [2.05, 4.69) is 10.3 Å². The van der Waals surface area contributed by atoms with Crippen molar-refractivity contribution < 1.29 is 23.5 Å². The van der Waals surface area contributed by atoms with Crippen LogP contribution in [0.5, 0.6) is 5.75 Å². The van der Waals surface area contributed by atoms with Gasteiger partial charge >= 0.3 is 0 Å². The number of fused-ring (bicyclic) bond motifs is 1. The van der Waals surface area contributed by atoms with Crippen LogP contribution in [0.1, 0.15) is 46.5 Å². The second-order valence-corrected chi connectivity index (χ2v) is 6.38. The van der Waals surface area contributed by atoms with Crippen LogP contribution in [0.3, 0.4) is 0 Å². The van der Waals surface area contributed by atoms with Gasteiger partial charge in [0, 0.05) is 11.6 Å². The van der Waals surface area contributed by atoms with Gasteiger partial charge < -0.3 is 14.5 Å². The zero-order chi connectivity index (χ0) is 18.3. The Morgan fingerprint density at radius 2 is 2.15 bits per heavy atom. The molecule has 4 rings (SSSR count). The SMILES string of the molecule is CC(=O)c1ccc2c(c1)N(Cc1nc(C(=O)NC3CC3)co1)C(=O)CO2. The summed E-state index contributed by atoms with van der Waals surface area (Å²) in [5.74, 6) is 0.0737. The molecule has 2 amide bonds. The maximum atomic E-state index is 12.3. The number of nitrogens with zero attached hydrogens (tertiary/aromatic N) is 2. The zero-order valence-corrected chi connectivity index (χ0v) is 14.2. The van der Waals surface area contributed by atoms with Crippen LogP contribution in [0.2, 0.25) is 0 Å². The molecule has 26 heavy (non-hydrogen) atoms. The summed E-state index contributed by atoms with van der Waals surface area (Å²) in [5, 5.41) is 2.83. The number of hydrogen-bond donors (Lipinski definition) is 1. The normalized spacial score (nSPS) is 16.0. The van der Waals surface area contributed by atoms with Gasteiger partial charge in [-0.2, -0.15) is 0 Å². The minimum Gasteiger partial charge on any atom is -0.482 e. The highest BCUT2D eigenvalue weighted by Crippen LogP contribution is 2.34. The molecule has 0 spiro atoms. The molecule has 0 saturated heterocycles. The number of oxazole rings is 1. The fourth-order valence-corrected chi connectivity index (χ4v) is 2.70. The molecule has 1 saturated carbocycles. The Bertz CT molecular complexity index is 900. The summed E-state index contributed by atoms with van der Waals surface area (Å²) >= 11 is 0. The van der Waals surface area contributed by atoms with Crippen LogP contribution in [-0.2, 0) is 11.3 Å². The predicted octanol–water partition coefficient (Wildman–Crippen LogP) is 1.70. The zero-order valence-electron chi connectivity index (χ0n) is 14.2. The number of carbonyl (C=O) groups is 3. The van der Waals surface area contributed by atoms with E-state index in [1.807, 2.05) is 0 Å². The molecule has 8 nitrogen and oxygen atoms in total. The third kappa shape index (κ3) is 3.17. The largest absolute Gasteiger partial charge is 0.482 e. The lowest BCUT2D eigenvalue weighted by atomic mass is 10.1. The van der Waals surface area contributed by atoms with Crippen molar-refractivity contribution in [2.75, 3.05) is 11.5 Å². The van der Waals surface area contributed by atoms with Crippen LogP contribution in [0, 0.1) is 0 Å². The van der Waals surface area contributed by atoms with Gasteiger partial charge in [-0.05, 0) is 38.0 Å². The third-order valence-electron chi connectivity index (χ3n) is 4.30. The number of ether oxygens (including phenoxy) is 1. The molecule has 2 aliphatic rings. The van der Waals surface area contributed by atoms with Gasteiger partial charge in [0.2, 0.25) is 5.89 Å². The van der Waals surface area contributed by atoms with Crippen molar-refractivity contribution in [1.29, 1.82) is 0 Å². The van der Waals surface area contributed by atoms with Gasteiger partial charge in [-0.3, -0.25) is 19.3 Å². The average Bonchev–Trinajstić information content (AvgIpc) is 3.31. The quantitative estimate of drug-likeness (QED) is 0.819. The highest BCUT2D eigenvalue weighted by atomic mass is 16.5. The Labute approximate surface area is 149 Å². The first kappa shape index (κ1) is 16.3. The fourth-order valence-electron chi connectivity index (χ4n) is 2.70. The molecule has 1 N–H and O–H groups in total. The van der Waals surface area contributed by atoms with E-state index in [9.17, 15) is 14.4 Å². The lowest BCUT2D eigenvalue weighted by Crippen LogP contribution is -2.38. The number of ketones is 1. The summed E-state index contributed by atoms with van der Waals surface area (Å²) in [6.07, 6.45) is 3.24. The maximum absolute atomic E-state index is 12.3. The van der Waals surface area contributed by atoms with Crippen molar-refractivity contribution >= 4 is 23.3 Å². The standard InChI is InChI=1S/C18H17N3O5/c1-10(22)11-2-5-15-14(6-11)21(17(23)9-25-15)7-16-20-13(8-26-16)18(24)19-12-3-4-12/h2,5-6,8,12H,3-4,7,9H2,1H3,(H,19,24). The molecule has 1 aromatic carbocycles. The van der Waals surface area contributed by atoms with Crippen molar-refractivity contribution in [3.05, 3.63) is 41.6 Å². The van der Waals surface area contributed by atoms with Crippen molar-refractivity contribution in [3.63, 3.8) is 0 Å². The van der Waals surface area contributed by atoms with Gasteiger partial charge in [0.1, 0.15) is 18.6 Å². The van der Waals surface area contributed by atoms with E-state index in [4.69, 9.17) is 9.15 Å². The van der Waals surface area contributed by atoms with E-state index in [0.29, 0.717) is 17.0 Å². The highest BCUT2D eigenvalue weighted by molar-refractivity contribution is 6.01. The van der Waals surface area contributed by atoms with E-state index in [-0.39, 0.29) is 48.4 Å². The Kier molecular flexibility index (Phi) is 3.95. The Morgan fingerprint density at radius 3 is 2.88 bits per heavy atom. The molecule has 1 fully saturated rings. The van der Waals surface area contributed by atoms with Crippen LogP contribution in [0.15, 0.2) is 28.9 Å². The second-order valence-electron chi connectivity index (χ2n) is 6.38. The van der Waals surface area contributed by atoms with Crippen LogP contribution >= 0.6 is 0 Å². The van der Waals surface area contributed by atoms with Gasteiger partial charge in [-0.1, -0.05) is 0 Å². The molecule has 1 aromatic heterocycles. The van der Waals surface area contributed by atoms with E-state index in [1.165, 1.54) is 18.1 Å². The number of Topliss-reactive ketones (excluding diaryl/α,β-unsaturated/α-hetero) is 1. The smallest absolute Gasteiger partial charge is 0.273 e. The predicted molar refractivity (Wildman–Crippen MR) is 90.1 cm³/mol.